The van der Waals surface area contributed by atoms with Gasteiger partial charge < -0.3 is 4.84 Å². The lowest BCUT2D eigenvalue weighted by Crippen LogP contribution is -2.23. The lowest BCUT2D eigenvalue weighted by molar-refractivity contribution is -0.102. The van der Waals surface area contributed by atoms with Crippen molar-refractivity contribution in [2.75, 3.05) is 7.05 Å². The standard InChI is InChI=1S/C4H7N2O/c1-4-3-5-6(2)7-4/h5H,1-2H3. The third-order valence-corrected chi connectivity index (χ3v) is 0.663. The van der Waals surface area contributed by atoms with Crippen LogP contribution >= 0.6 is 0 Å². The summed E-state index contributed by atoms with van der Waals surface area (Å²) in [5.41, 5.74) is 2.69. The zero-order chi connectivity index (χ0) is 5.28. The number of allylic oxidation sites excluding steroid dienone is 1. The van der Waals surface area contributed by atoms with Crippen molar-refractivity contribution in [1.82, 2.24) is 10.6 Å². The van der Waals surface area contributed by atoms with E-state index in [2.05, 4.69) is 11.6 Å². The molecule has 0 saturated heterocycles. The fourth-order valence-corrected chi connectivity index (χ4v) is 0.408. The number of hydrogen-bond acceptors (Lipinski definition) is 3. The van der Waals surface area contributed by atoms with Crippen LogP contribution in [0.4, 0.5) is 0 Å². The van der Waals surface area contributed by atoms with Gasteiger partial charge in [0.05, 0.1) is 0 Å². The first-order valence-corrected chi connectivity index (χ1v) is 2.06. The Morgan fingerprint density at radius 3 is 2.71 bits per heavy atom. The second kappa shape index (κ2) is 1.42. The third kappa shape index (κ3) is 0.838. The van der Waals surface area contributed by atoms with Gasteiger partial charge in [0.1, 0.15) is 6.20 Å². The Kier molecular flexibility index (Phi) is 0.906. The van der Waals surface area contributed by atoms with Crippen LogP contribution in [-0.2, 0) is 4.84 Å². The van der Waals surface area contributed by atoms with Gasteiger partial charge >= 0.3 is 0 Å². The number of hydrogen-bond donors (Lipinski definition) is 1. The smallest absolute Gasteiger partial charge is 0.150 e. The van der Waals surface area contributed by atoms with Crippen molar-refractivity contribution in [3.63, 3.8) is 0 Å². The highest BCUT2D eigenvalue weighted by molar-refractivity contribution is 4.80. The highest BCUT2D eigenvalue weighted by Crippen LogP contribution is 1.99. The highest BCUT2D eigenvalue weighted by Gasteiger charge is 2.03. The molecule has 7 heavy (non-hydrogen) atoms. The van der Waals surface area contributed by atoms with E-state index in [0.717, 1.165) is 5.76 Å². The van der Waals surface area contributed by atoms with Crippen LogP contribution in [0.3, 0.4) is 0 Å². The summed E-state index contributed by atoms with van der Waals surface area (Å²) in [7, 11) is 1.77. The summed E-state index contributed by atoms with van der Waals surface area (Å²) >= 11 is 0. The molecule has 39 valence electrons. The van der Waals surface area contributed by atoms with Crippen molar-refractivity contribution in [3.8, 4) is 0 Å². The molecule has 3 nitrogen and oxygen atoms in total. The predicted octanol–water partition coefficient (Wildman–Crippen LogP) is 0.0325. The zero-order valence-electron chi connectivity index (χ0n) is 4.36. The van der Waals surface area contributed by atoms with Gasteiger partial charge in [0.15, 0.2) is 5.76 Å². The second-order valence-corrected chi connectivity index (χ2v) is 1.38. The molecule has 1 heterocycles. The van der Waals surface area contributed by atoms with Crippen LogP contribution in [-0.4, -0.2) is 12.2 Å². The van der Waals surface area contributed by atoms with Gasteiger partial charge in [-0.05, 0) is 6.92 Å². The number of hydroxylamine groups is 1. The molecule has 0 aromatic rings. The number of hydrazine groups is 1. The first kappa shape index (κ1) is 4.46. The Bertz CT molecular complexity index is 99.9. The van der Waals surface area contributed by atoms with Gasteiger partial charge in [-0.25, -0.2) is 0 Å². The predicted molar refractivity (Wildman–Crippen MR) is 24.4 cm³/mol. The molecular formula is C4H7N2O. The van der Waals surface area contributed by atoms with Crippen LogP contribution < -0.4 is 5.43 Å². The van der Waals surface area contributed by atoms with Crippen molar-refractivity contribution in [2.45, 2.75) is 6.92 Å². The average molecular weight is 99.1 g/mol. The Balaban J connectivity index is 2.42. The van der Waals surface area contributed by atoms with E-state index in [1.54, 1.807) is 7.05 Å². The van der Waals surface area contributed by atoms with Crippen molar-refractivity contribution < 1.29 is 4.84 Å². The van der Waals surface area contributed by atoms with Gasteiger partial charge in [0.2, 0.25) is 0 Å². The summed E-state index contributed by atoms with van der Waals surface area (Å²) < 4.78 is 0. The molecule has 3 heteroatoms. The lowest BCUT2D eigenvalue weighted by Gasteiger charge is -2.05. The maximum atomic E-state index is 4.89. The molecule has 1 aliphatic rings. The summed E-state index contributed by atoms with van der Waals surface area (Å²) in [4.78, 5) is 4.89. The van der Waals surface area contributed by atoms with E-state index < -0.39 is 0 Å². The number of rotatable bonds is 0. The first-order valence-electron chi connectivity index (χ1n) is 2.06. The van der Waals surface area contributed by atoms with E-state index in [4.69, 9.17) is 4.84 Å². The summed E-state index contributed by atoms with van der Waals surface area (Å²) in [6.45, 7) is 1.83. The second-order valence-electron chi connectivity index (χ2n) is 1.38. The molecule has 0 aromatic carbocycles. The fraction of sp³-hybridized carbons (Fsp3) is 0.500. The largest absolute Gasteiger partial charge is 0.389 e. The molecule has 0 bridgehead atoms. The van der Waals surface area contributed by atoms with E-state index in [0.29, 0.717) is 0 Å². The molecule has 1 aliphatic heterocycles. The zero-order valence-corrected chi connectivity index (χ0v) is 4.36. The summed E-state index contributed by atoms with van der Waals surface area (Å²) in [5.74, 6) is 0.766. The van der Waals surface area contributed by atoms with E-state index in [-0.39, 0.29) is 0 Å². The minimum Gasteiger partial charge on any atom is -0.389 e. The first-order chi connectivity index (χ1) is 3.29. The molecule has 0 spiro atoms. The molecule has 0 fully saturated rings. The topological polar surface area (TPSA) is 24.5 Å². The fourth-order valence-electron chi connectivity index (χ4n) is 0.408. The van der Waals surface area contributed by atoms with Crippen molar-refractivity contribution in [2.24, 2.45) is 0 Å². The minimum absolute atomic E-state index is 0.766. The Hall–Kier alpha value is -0.700. The Morgan fingerprint density at radius 2 is 2.57 bits per heavy atom. The van der Waals surface area contributed by atoms with Gasteiger partial charge in [-0.1, -0.05) is 5.17 Å². The van der Waals surface area contributed by atoms with E-state index in [9.17, 15) is 0 Å². The molecule has 0 saturated carbocycles. The molecule has 0 amide bonds. The summed E-state index contributed by atoms with van der Waals surface area (Å²) in [6, 6.07) is 0. The Labute approximate surface area is 42.5 Å². The number of nitrogens with one attached hydrogen (secondary N) is 1. The summed E-state index contributed by atoms with van der Waals surface area (Å²) in [5, 5.41) is 1.48. The minimum atomic E-state index is 0.766. The average Bonchev–Trinajstić information content (AvgIpc) is 1.87. The van der Waals surface area contributed by atoms with Crippen molar-refractivity contribution >= 4 is 0 Å². The van der Waals surface area contributed by atoms with Gasteiger partial charge in [-0.15, -0.1) is 0 Å². The van der Waals surface area contributed by atoms with E-state index in [1.807, 2.05) is 6.92 Å². The number of nitrogens with zero attached hydrogens (tertiary/aromatic N) is 1. The van der Waals surface area contributed by atoms with E-state index in [1.165, 1.54) is 5.17 Å². The molecule has 1 radical (unpaired) electrons. The molecular weight excluding hydrogens is 92.1 g/mol. The van der Waals surface area contributed by atoms with E-state index >= 15 is 0 Å². The molecule has 0 atom stereocenters. The SMILES string of the molecule is CC1=[C]NN(C)O1. The maximum absolute atomic E-state index is 4.89. The molecule has 0 aliphatic carbocycles. The molecule has 1 N–H and O–H groups in total. The monoisotopic (exact) mass is 99.1 g/mol. The quantitative estimate of drug-likeness (QED) is 0.463. The van der Waals surface area contributed by atoms with Gasteiger partial charge in [0.25, 0.3) is 0 Å². The van der Waals surface area contributed by atoms with Gasteiger partial charge in [0, 0.05) is 7.05 Å². The van der Waals surface area contributed by atoms with Crippen molar-refractivity contribution in [3.05, 3.63) is 12.0 Å². The maximum Gasteiger partial charge on any atom is 0.150 e. The Morgan fingerprint density at radius 1 is 1.86 bits per heavy atom. The molecule has 0 unspecified atom stereocenters. The van der Waals surface area contributed by atoms with Crippen LogP contribution in [0.5, 0.6) is 0 Å². The lowest BCUT2D eigenvalue weighted by atomic mass is 10.6. The third-order valence-electron chi connectivity index (χ3n) is 0.663. The van der Waals surface area contributed by atoms with Crippen LogP contribution in [0.2, 0.25) is 0 Å². The molecule has 1 rings (SSSR count). The van der Waals surface area contributed by atoms with Crippen LogP contribution in [0.25, 0.3) is 0 Å². The van der Waals surface area contributed by atoms with Gasteiger partial charge in [-0.3, -0.25) is 5.43 Å². The molecule has 0 aromatic heterocycles. The highest BCUT2D eigenvalue weighted by atomic mass is 16.7. The van der Waals surface area contributed by atoms with Crippen LogP contribution in [0.15, 0.2) is 5.76 Å². The van der Waals surface area contributed by atoms with Crippen LogP contribution in [0, 0.1) is 6.20 Å². The van der Waals surface area contributed by atoms with Crippen molar-refractivity contribution in [1.29, 1.82) is 0 Å². The normalized spacial score (nSPS) is 20.6. The summed E-state index contributed by atoms with van der Waals surface area (Å²) in [6.07, 6.45) is 2.74. The van der Waals surface area contributed by atoms with Gasteiger partial charge in [-0.2, -0.15) is 0 Å². The van der Waals surface area contributed by atoms with Crippen LogP contribution in [0.1, 0.15) is 6.92 Å².